The van der Waals surface area contributed by atoms with Crippen molar-refractivity contribution in [3.8, 4) is 0 Å². The molecule has 1 heteroatoms. The lowest BCUT2D eigenvalue weighted by Crippen LogP contribution is -2.30. The van der Waals surface area contributed by atoms with Crippen molar-refractivity contribution in [1.82, 2.24) is 0 Å². The van der Waals surface area contributed by atoms with Crippen molar-refractivity contribution in [2.24, 2.45) is 17.8 Å². The Morgan fingerprint density at radius 2 is 1.65 bits per heavy atom. The van der Waals surface area contributed by atoms with E-state index in [1.165, 1.54) is 77.0 Å². The minimum absolute atomic E-state index is 0.591. The predicted octanol–water partition coefficient (Wildman–Crippen LogP) is 5.97. The molecule has 0 bridgehead atoms. The summed E-state index contributed by atoms with van der Waals surface area (Å²) in [5.74, 6) is 3.06. The van der Waals surface area contributed by atoms with Crippen LogP contribution in [0.2, 0.25) is 0 Å². The van der Waals surface area contributed by atoms with Gasteiger partial charge < -0.3 is 4.74 Å². The molecule has 2 atom stereocenters. The lowest BCUT2D eigenvalue weighted by Gasteiger charge is -2.38. The molecule has 0 heterocycles. The first-order valence-corrected chi connectivity index (χ1v) is 9.45. The van der Waals surface area contributed by atoms with E-state index in [1.807, 2.05) is 0 Å². The minimum atomic E-state index is 0.591. The summed E-state index contributed by atoms with van der Waals surface area (Å²) >= 11 is 0. The quantitative estimate of drug-likeness (QED) is 0.522. The SMILES string of the molecule is CCCCO[C@@H]1CCC[C@@H]([C@H]2CC[C@@H](CCC)CC2)C1. The van der Waals surface area contributed by atoms with Gasteiger partial charge in [0.25, 0.3) is 0 Å². The Balaban J connectivity index is 1.70. The molecule has 118 valence electrons. The van der Waals surface area contributed by atoms with Crippen LogP contribution in [0, 0.1) is 17.8 Å². The van der Waals surface area contributed by atoms with Crippen LogP contribution < -0.4 is 0 Å². The van der Waals surface area contributed by atoms with E-state index < -0.39 is 0 Å². The van der Waals surface area contributed by atoms with E-state index in [0.29, 0.717) is 6.10 Å². The second kappa shape index (κ2) is 9.07. The van der Waals surface area contributed by atoms with Gasteiger partial charge in [-0.2, -0.15) is 0 Å². The molecule has 2 aliphatic rings. The molecule has 0 unspecified atom stereocenters. The van der Waals surface area contributed by atoms with E-state index in [1.54, 1.807) is 0 Å². The van der Waals surface area contributed by atoms with Crippen LogP contribution >= 0.6 is 0 Å². The van der Waals surface area contributed by atoms with Crippen LogP contribution in [-0.4, -0.2) is 12.7 Å². The van der Waals surface area contributed by atoms with Gasteiger partial charge in [0.15, 0.2) is 0 Å². The van der Waals surface area contributed by atoms with Gasteiger partial charge in [0, 0.05) is 6.61 Å². The molecule has 0 aromatic carbocycles. The maximum absolute atomic E-state index is 6.10. The van der Waals surface area contributed by atoms with Gasteiger partial charge in [-0.15, -0.1) is 0 Å². The van der Waals surface area contributed by atoms with Crippen molar-refractivity contribution >= 4 is 0 Å². The minimum Gasteiger partial charge on any atom is -0.378 e. The molecule has 1 nitrogen and oxygen atoms in total. The van der Waals surface area contributed by atoms with E-state index in [-0.39, 0.29) is 0 Å². The van der Waals surface area contributed by atoms with Crippen LogP contribution in [0.25, 0.3) is 0 Å². The van der Waals surface area contributed by atoms with Crippen molar-refractivity contribution in [1.29, 1.82) is 0 Å². The molecular weight excluding hydrogens is 244 g/mol. The summed E-state index contributed by atoms with van der Waals surface area (Å²) in [5, 5.41) is 0. The van der Waals surface area contributed by atoms with Crippen LogP contribution in [0.3, 0.4) is 0 Å². The maximum Gasteiger partial charge on any atom is 0.0577 e. The zero-order valence-corrected chi connectivity index (χ0v) is 13.9. The highest BCUT2D eigenvalue weighted by Crippen LogP contribution is 2.41. The van der Waals surface area contributed by atoms with Gasteiger partial charge in [-0.3, -0.25) is 0 Å². The van der Waals surface area contributed by atoms with Crippen LogP contribution in [0.15, 0.2) is 0 Å². The van der Waals surface area contributed by atoms with Gasteiger partial charge in [0.2, 0.25) is 0 Å². The van der Waals surface area contributed by atoms with Crippen LogP contribution in [0.5, 0.6) is 0 Å². The molecule has 0 amide bonds. The summed E-state index contributed by atoms with van der Waals surface area (Å²) in [6.45, 7) is 5.59. The summed E-state index contributed by atoms with van der Waals surface area (Å²) in [6, 6.07) is 0. The fourth-order valence-corrected chi connectivity index (χ4v) is 4.51. The first-order valence-electron chi connectivity index (χ1n) is 9.45. The molecule has 0 radical (unpaired) electrons. The molecule has 0 saturated heterocycles. The van der Waals surface area contributed by atoms with Gasteiger partial charge >= 0.3 is 0 Å². The highest BCUT2D eigenvalue weighted by atomic mass is 16.5. The van der Waals surface area contributed by atoms with E-state index in [2.05, 4.69) is 13.8 Å². The van der Waals surface area contributed by atoms with Gasteiger partial charge in [-0.05, 0) is 56.3 Å². The smallest absolute Gasteiger partial charge is 0.0577 e. The first-order chi connectivity index (χ1) is 9.83. The summed E-state index contributed by atoms with van der Waals surface area (Å²) in [7, 11) is 0. The van der Waals surface area contributed by atoms with Crippen LogP contribution in [-0.2, 0) is 4.74 Å². The molecule has 0 N–H and O–H groups in total. The van der Waals surface area contributed by atoms with Gasteiger partial charge in [-0.1, -0.05) is 52.4 Å². The normalized spacial score (nSPS) is 35.1. The lowest BCUT2D eigenvalue weighted by atomic mass is 9.70. The monoisotopic (exact) mass is 280 g/mol. The fraction of sp³-hybridized carbons (Fsp3) is 1.00. The first kappa shape index (κ1) is 16.3. The summed E-state index contributed by atoms with van der Waals surface area (Å²) in [4.78, 5) is 0. The third-order valence-electron chi connectivity index (χ3n) is 5.77. The molecule has 0 aromatic heterocycles. The van der Waals surface area contributed by atoms with Crippen molar-refractivity contribution in [3.63, 3.8) is 0 Å². The molecule has 0 spiro atoms. The summed E-state index contributed by atoms with van der Waals surface area (Å²) < 4.78 is 6.10. The van der Waals surface area contributed by atoms with Gasteiger partial charge in [-0.25, -0.2) is 0 Å². The van der Waals surface area contributed by atoms with E-state index in [4.69, 9.17) is 4.74 Å². The average Bonchev–Trinajstić information content (AvgIpc) is 2.49. The second-order valence-electron chi connectivity index (χ2n) is 7.34. The summed E-state index contributed by atoms with van der Waals surface area (Å²) in [5.41, 5.74) is 0. The number of rotatable bonds is 7. The van der Waals surface area contributed by atoms with E-state index in [0.717, 1.165) is 24.4 Å². The highest BCUT2D eigenvalue weighted by molar-refractivity contribution is 4.82. The van der Waals surface area contributed by atoms with Crippen molar-refractivity contribution < 1.29 is 4.74 Å². The van der Waals surface area contributed by atoms with E-state index >= 15 is 0 Å². The van der Waals surface area contributed by atoms with Crippen LogP contribution in [0.4, 0.5) is 0 Å². The highest BCUT2D eigenvalue weighted by Gasteiger charge is 2.31. The molecule has 2 saturated carbocycles. The number of unbranched alkanes of at least 4 members (excludes halogenated alkanes) is 1. The molecule has 2 rings (SSSR count). The average molecular weight is 280 g/mol. The Morgan fingerprint density at radius 1 is 0.850 bits per heavy atom. The summed E-state index contributed by atoms with van der Waals surface area (Å²) in [6.07, 6.45) is 17.6. The molecule has 2 fully saturated rings. The topological polar surface area (TPSA) is 9.23 Å². The van der Waals surface area contributed by atoms with E-state index in [9.17, 15) is 0 Å². The zero-order chi connectivity index (χ0) is 14.2. The lowest BCUT2D eigenvalue weighted by molar-refractivity contribution is -0.00321. The Kier molecular flexibility index (Phi) is 7.41. The molecule has 20 heavy (non-hydrogen) atoms. The van der Waals surface area contributed by atoms with Crippen molar-refractivity contribution in [2.75, 3.05) is 6.61 Å². The Hall–Kier alpha value is -0.0400. The van der Waals surface area contributed by atoms with Gasteiger partial charge in [0.05, 0.1) is 6.10 Å². The molecule has 0 aliphatic heterocycles. The maximum atomic E-state index is 6.10. The van der Waals surface area contributed by atoms with Crippen molar-refractivity contribution in [2.45, 2.75) is 97.0 Å². The van der Waals surface area contributed by atoms with Crippen LogP contribution in [0.1, 0.15) is 90.9 Å². The van der Waals surface area contributed by atoms with Crippen molar-refractivity contribution in [3.05, 3.63) is 0 Å². The molecular formula is C19H36O. The molecule has 0 aromatic rings. The third-order valence-corrected chi connectivity index (χ3v) is 5.77. The zero-order valence-electron chi connectivity index (χ0n) is 13.9. The molecule has 2 aliphatic carbocycles. The largest absolute Gasteiger partial charge is 0.378 e. The Labute approximate surface area is 126 Å². The Morgan fingerprint density at radius 3 is 2.35 bits per heavy atom. The Bertz CT molecular complexity index is 242. The van der Waals surface area contributed by atoms with Gasteiger partial charge in [0.1, 0.15) is 0 Å². The number of hydrogen-bond donors (Lipinski definition) is 0. The second-order valence-corrected chi connectivity index (χ2v) is 7.34. The predicted molar refractivity (Wildman–Crippen MR) is 87.0 cm³/mol. The number of ether oxygens (including phenoxy) is 1. The number of hydrogen-bond acceptors (Lipinski definition) is 1. The third kappa shape index (κ3) is 5.06. The standard InChI is InChI=1S/C19H36O/c1-3-5-14-20-19-9-6-8-18(15-19)17-12-10-16(7-4-2)11-13-17/h16-19H,3-15H2,1-2H3/t16-,17+,18-,19-/m1/s1. The fourth-order valence-electron chi connectivity index (χ4n) is 4.51.